The van der Waals surface area contributed by atoms with E-state index in [1.54, 1.807) is 0 Å². The van der Waals surface area contributed by atoms with E-state index < -0.39 is 0 Å². The minimum Gasteiger partial charge on any atom is -0.371 e. The van der Waals surface area contributed by atoms with Crippen molar-refractivity contribution in [1.29, 1.82) is 0 Å². The summed E-state index contributed by atoms with van der Waals surface area (Å²) in [5.41, 5.74) is 3.27. The van der Waals surface area contributed by atoms with Crippen LogP contribution in [0.5, 0.6) is 0 Å². The second kappa shape index (κ2) is 4.47. The Balaban J connectivity index is 2.23. The summed E-state index contributed by atoms with van der Waals surface area (Å²) in [6.45, 7) is 4.39. The van der Waals surface area contributed by atoms with E-state index in [-0.39, 0.29) is 0 Å². The van der Waals surface area contributed by atoms with Gasteiger partial charge in [0.25, 0.3) is 0 Å². The summed E-state index contributed by atoms with van der Waals surface area (Å²) in [5.74, 6) is 0. The molecule has 0 aromatic heterocycles. The Labute approximate surface area is 90.9 Å². The maximum Gasteiger partial charge on any atom is 0.150 e. The fourth-order valence-electron chi connectivity index (χ4n) is 2.24. The first-order valence-electron chi connectivity index (χ1n) is 5.62. The number of hydrogen-bond acceptors (Lipinski definition) is 2. The topological polar surface area (TPSA) is 20.3 Å². The van der Waals surface area contributed by atoms with Gasteiger partial charge in [0.15, 0.2) is 0 Å². The largest absolute Gasteiger partial charge is 0.371 e. The molecule has 1 aliphatic rings. The average molecular weight is 203 g/mol. The zero-order valence-electron chi connectivity index (χ0n) is 9.20. The number of aryl methyl sites for hydroxylation is 1. The molecule has 0 unspecified atom stereocenters. The lowest BCUT2D eigenvalue weighted by molar-refractivity contribution is 0.112. The zero-order valence-corrected chi connectivity index (χ0v) is 9.20. The molecule has 0 N–H and O–H groups in total. The van der Waals surface area contributed by atoms with Crippen molar-refractivity contribution in [1.82, 2.24) is 0 Å². The van der Waals surface area contributed by atoms with Crippen molar-refractivity contribution in [2.24, 2.45) is 0 Å². The SMILES string of the molecule is Cc1cc(C=O)ccc1N1CCCCC1. The minimum absolute atomic E-state index is 0.772. The Morgan fingerprint density at radius 2 is 1.93 bits per heavy atom. The summed E-state index contributed by atoms with van der Waals surface area (Å²) in [6.07, 6.45) is 4.83. The predicted molar refractivity (Wildman–Crippen MR) is 62.6 cm³/mol. The van der Waals surface area contributed by atoms with E-state index in [1.165, 1.54) is 30.5 Å². The van der Waals surface area contributed by atoms with Gasteiger partial charge in [-0.25, -0.2) is 0 Å². The molecule has 15 heavy (non-hydrogen) atoms. The molecule has 0 amide bonds. The van der Waals surface area contributed by atoms with Crippen LogP contribution in [-0.2, 0) is 0 Å². The lowest BCUT2D eigenvalue weighted by Gasteiger charge is -2.30. The molecule has 0 spiro atoms. The van der Waals surface area contributed by atoms with E-state index in [4.69, 9.17) is 0 Å². The van der Waals surface area contributed by atoms with Crippen LogP contribution in [0.3, 0.4) is 0 Å². The number of nitrogens with zero attached hydrogens (tertiary/aromatic N) is 1. The van der Waals surface area contributed by atoms with Crippen LogP contribution in [0.4, 0.5) is 5.69 Å². The fourth-order valence-corrected chi connectivity index (χ4v) is 2.24. The molecule has 0 bridgehead atoms. The summed E-state index contributed by atoms with van der Waals surface area (Å²) in [7, 11) is 0. The van der Waals surface area contributed by atoms with Gasteiger partial charge in [-0.2, -0.15) is 0 Å². The quantitative estimate of drug-likeness (QED) is 0.689. The molecule has 1 aliphatic heterocycles. The monoisotopic (exact) mass is 203 g/mol. The second-order valence-corrected chi connectivity index (χ2v) is 4.21. The van der Waals surface area contributed by atoms with Gasteiger partial charge >= 0.3 is 0 Å². The standard InChI is InChI=1S/C13H17NO/c1-11-9-12(10-15)5-6-13(11)14-7-3-2-4-8-14/h5-6,9-10H,2-4,7-8H2,1H3. The smallest absolute Gasteiger partial charge is 0.150 e. The van der Waals surface area contributed by atoms with Crippen molar-refractivity contribution in [3.63, 3.8) is 0 Å². The molecular weight excluding hydrogens is 186 g/mol. The molecule has 0 atom stereocenters. The number of aldehydes is 1. The first kappa shape index (κ1) is 10.2. The lowest BCUT2D eigenvalue weighted by Crippen LogP contribution is -2.29. The first-order valence-corrected chi connectivity index (χ1v) is 5.62. The Morgan fingerprint density at radius 1 is 1.20 bits per heavy atom. The maximum absolute atomic E-state index is 10.6. The van der Waals surface area contributed by atoms with Gasteiger partial charge in [0.1, 0.15) is 6.29 Å². The van der Waals surface area contributed by atoms with Crippen LogP contribution in [0.2, 0.25) is 0 Å². The molecule has 0 radical (unpaired) electrons. The summed E-state index contributed by atoms with van der Waals surface area (Å²) in [4.78, 5) is 13.1. The van der Waals surface area contributed by atoms with E-state index in [0.717, 1.165) is 24.9 Å². The number of piperidine rings is 1. The highest BCUT2D eigenvalue weighted by Crippen LogP contribution is 2.24. The highest BCUT2D eigenvalue weighted by Gasteiger charge is 2.12. The molecule has 2 rings (SSSR count). The van der Waals surface area contributed by atoms with E-state index in [1.807, 2.05) is 12.1 Å². The third kappa shape index (κ3) is 2.20. The number of carbonyl (C=O) groups is 1. The average Bonchev–Trinajstić information content (AvgIpc) is 2.30. The van der Waals surface area contributed by atoms with Gasteiger partial charge in [0.05, 0.1) is 0 Å². The number of hydrogen-bond donors (Lipinski definition) is 0. The Hall–Kier alpha value is -1.31. The predicted octanol–water partition coefficient (Wildman–Crippen LogP) is 2.80. The Kier molecular flexibility index (Phi) is 3.05. The molecular formula is C13H17NO. The minimum atomic E-state index is 0.772. The van der Waals surface area contributed by atoms with E-state index >= 15 is 0 Å². The molecule has 2 nitrogen and oxygen atoms in total. The van der Waals surface area contributed by atoms with Crippen LogP contribution in [0.1, 0.15) is 35.2 Å². The molecule has 0 saturated carbocycles. The number of anilines is 1. The molecule has 0 aliphatic carbocycles. The number of rotatable bonds is 2. The van der Waals surface area contributed by atoms with E-state index in [2.05, 4.69) is 17.9 Å². The van der Waals surface area contributed by atoms with Crippen molar-refractivity contribution >= 4 is 12.0 Å². The summed E-state index contributed by atoms with van der Waals surface area (Å²) in [6, 6.07) is 5.95. The zero-order chi connectivity index (χ0) is 10.7. The summed E-state index contributed by atoms with van der Waals surface area (Å²) < 4.78 is 0. The van der Waals surface area contributed by atoms with Crippen molar-refractivity contribution in [3.05, 3.63) is 29.3 Å². The van der Waals surface area contributed by atoms with Crippen LogP contribution in [0, 0.1) is 6.92 Å². The van der Waals surface area contributed by atoms with Crippen LogP contribution in [-0.4, -0.2) is 19.4 Å². The van der Waals surface area contributed by atoms with Crippen LogP contribution in [0.15, 0.2) is 18.2 Å². The molecule has 1 fully saturated rings. The third-order valence-electron chi connectivity index (χ3n) is 3.05. The van der Waals surface area contributed by atoms with Crippen LogP contribution >= 0.6 is 0 Å². The highest BCUT2D eigenvalue weighted by molar-refractivity contribution is 5.77. The van der Waals surface area contributed by atoms with E-state index in [9.17, 15) is 4.79 Å². The Morgan fingerprint density at radius 3 is 2.53 bits per heavy atom. The molecule has 80 valence electrons. The summed E-state index contributed by atoms with van der Waals surface area (Å²) >= 11 is 0. The second-order valence-electron chi connectivity index (χ2n) is 4.21. The van der Waals surface area contributed by atoms with Crippen molar-refractivity contribution < 1.29 is 4.79 Å². The maximum atomic E-state index is 10.6. The number of benzene rings is 1. The normalized spacial score (nSPS) is 16.5. The van der Waals surface area contributed by atoms with Crippen LogP contribution in [0.25, 0.3) is 0 Å². The molecule has 1 aromatic carbocycles. The molecule has 2 heteroatoms. The van der Waals surface area contributed by atoms with Crippen molar-refractivity contribution in [2.75, 3.05) is 18.0 Å². The van der Waals surface area contributed by atoms with Gasteiger partial charge in [-0.3, -0.25) is 4.79 Å². The van der Waals surface area contributed by atoms with Crippen molar-refractivity contribution in [3.8, 4) is 0 Å². The van der Waals surface area contributed by atoms with Gasteiger partial charge in [0, 0.05) is 24.3 Å². The first-order chi connectivity index (χ1) is 7.31. The highest BCUT2D eigenvalue weighted by atomic mass is 16.1. The number of carbonyl (C=O) groups excluding carboxylic acids is 1. The molecule has 1 saturated heterocycles. The Bertz CT molecular complexity index is 354. The fraction of sp³-hybridized carbons (Fsp3) is 0.462. The van der Waals surface area contributed by atoms with Crippen molar-refractivity contribution in [2.45, 2.75) is 26.2 Å². The van der Waals surface area contributed by atoms with E-state index in [0.29, 0.717) is 0 Å². The van der Waals surface area contributed by atoms with Crippen LogP contribution < -0.4 is 4.90 Å². The molecule has 1 aromatic rings. The third-order valence-corrected chi connectivity index (χ3v) is 3.05. The van der Waals surface area contributed by atoms with Gasteiger partial charge in [0.2, 0.25) is 0 Å². The van der Waals surface area contributed by atoms with Gasteiger partial charge in [-0.05, 0) is 49.9 Å². The van der Waals surface area contributed by atoms with Gasteiger partial charge in [-0.15, -0.1) is 0 Å². The summed E-state index contributed by atoms with van der Waals surface area (Å²) in [5, 5.41) is 0. The molecule has 1 heterocycles. The van der Waals surface area contributed by atoms with Gasteiger partial charge < -0.3 is 4.90 Å². The van der Waals surface area contributed by atoms with Gasteiger partial charge in [-0.1, -0.05) is 0 Å². The lowest BCUT2D eigenvalue weighted by atomic mass is 10.1.